The minimum atomic E-state index is -3.89. The summed E-state index contributed by atoms with van der Waals surface area (Å²) in [5.74, 6) is -0.671. The van der Waals surface area contributed by atoms with Crippen molar-refractivity contribution in [2.24, 2.45) is 15.7 Å². The third-order valence-electron chi connectivity index (χ3n) is 3.85. The van der Waals surface area contributed by atoms with Crippen LogP contribution in [0.3, 0.4) is 0 Å². The van der Waals surface area contributed by atoms with Gasteiger partial charge in [-0.05, 0) is 30.3 Å². The maximum Gasteiger partial charge on any atom is 0.271 e. The zero-order chi connectivity index (χ0) is 19.8. The number of para-hydroxylation sites is 1. The van der Waals surface area contributed by atoms with E-state index in [4.69, 9.17) is 22.1 Å². The van der Waals surface area contributed by atoms with Crippen molar-refractivity contribution in [3.63, 3.8) is 0 Å². The number of fused-ring (bicyclic) bond motifs is 1. The molecule has 3 rings (SSSR count). The number of benzene rings is 2. The predicted molar refractivity (Wildman–Crippen MR) is 103 cm³/mol. The van der Waals surface area contributed by atoms with Crippen LogP contribution >= 0.6 is 11.6 Å². The fourth-order valence-corrected chi connectivity index (χ4v) is 4.02. The molecule has 1 heterocycles. The number of sulfonamides is 1. The summed E-state index contributed by atoms with van der Waals surface area (Å²) in [7, 11) is -1.15. The van der Waals surface area contributed by atoms with Crippen LogP contribution in [0.1, 0.15) is 0 Å². The van der Waals surface area contributed by atoms with Crippen LogP contribution in [0.25, 0.3) is 0 Å². The highest BCUT2D eigenvalue weighted by Crippen LogP contribution is 2.32. The molecule has 0 saturated carbocycles. The molecule has 8 nitrogen and oxygen atoms in total. The standard InChI is InChI=1S/C17H15ClN4O4S/c1-22-17(21-12-5-3-4-6-14(12)27(22,24)25)15(16(19)23)20-10-7-8-13(26-2)11(18)9-10/h3-9H,1-2H3,(H2,19,23)/b20-15+. The molecule has 27 heavy (non-hydrogen) atoms. The van der Waals surface area contributed by atoms with E-state index < -0.39 is 15.9 Å². The molecule has 0 fully saturated rings. The minimum absolute atomic E-state index is 0.0348. The number of methoxy groups -OCH3 is 1. The molecule has 2 aromatic rings. The number of carbonyl (C=O) groups is 1. The van der Waals surface area contributed by atoms with Gasteiger partial charge in [0, 0.05) is 7.05 Å². The van der Waals surface area contributed by atoms with Crippen molar-refractivity contribution in [3.8, 4) is 5.75 Å². The molecule has 0 bridgehead atoms. The molecule has 0 radical (unpaired) electrons. The van der Waals surface area contributed by atoms with Crippen molar-refractivity contribution in [1.82, 2.24) is 4.31 Å². The van der Waals surface area contributed by atoms with E-state index in [0.29, 0.717) is 11.4 Å². The second-order valence-electron chi connectivity index (χ2n) is 5.52. The number of aliphatic imine (C=N–C) groups is 2. The zero-order valence-corrected chi connectivity index (χ0v) is 16.0. The number of halogens is 1. The van der Waals surface area contributed by atoms with E-state index in [9.17, 15) is 13.2 Å². The first kappa shape index (κ1) is 18.9. The first-order chi connectivity index (χ1) is 12.8. The van der Waals surface area contributed by atoms with Gasteiger partial charge in [0.25, 0.3) is 15.9 Å². The molecule has 0 spiro atoms. The fourth-order valence-electron chi connectivity index (χ4n) is 2.48. The predicted octanol–water partition coefficient (Wildman–Crippen LogP) is 2.27. The molecule has 140 valence electrons. The Balaban J connectivity index is 2.17. The van der Waals surface area contributed by atoms with E-state index in [1.807, 2.05) is 0 Å². The fraction of sp³-hybridized carbons (Fsp3) is 0.118. The van der Waals surface area contributed by atoms with Gasteiger partial charge < -0.3 is 10.5 Å². The van der Waals surface area contributed by atoms with Crippen LogP contribution in [0.5, 0.6) is 5.75 Å². The Morgan fingerprint density at radius 3 is 2.59 bits per heavy atom. The summed E-state index contributed by atoms with van der Waals surface area (Å²) in [4.78, 5) is 20.5. The SMILES string of the molecule is COc1ccc(/N=C(\C(N)=O)C2=Nc3ccccc3S(=O)(=O)N2C)cc1Cl. The van der Waals surface area contributed by atoms with Crippen LogP contribution in [-0.2, 0) is 14.8 Å². The van der Waals surface area contributed by atoms with Gasteiger partial charge >= 0.3 is 0 Å². The second kappa shape index (κ2) is 7.01. The van der Waals surface area contributed by atoms with Crippen LogP contribution in [0, 0.1) is 0 Å². The molecule has 0 atom stereocenters. The van der Waals surface area contributed by atoms with Crippen molar-refractivity contribution >= 4 is 50.5 Å². The van der Waals surface area contributed by atoms with E-state index in [1.165, 1.54) is 32.4 Å². The molecule has 1 aliphatic heterocycles. The van der Waals surface area contributed by atoms with Gasteiger partial charge in [-0.3, -0.25) is 9.10 Å². The van der Waals surface area contributed by atoms with Gasteiger partial charge in [-0.1, -0.05) is 23.7 Å². The molecule has 2 aromatic carbocycles. The summed E-state index contributed by atoms with van der Waals surface area (Å²) >= 11 is 6.07. The molecule has 0 unspecified atom stereocenters. The monoisotopic (exact) mass is 406 g/mol. The van der Waals surface area contributed by atoms with Crippen molar-refractivity contribution < 1.29 is 17.9 Å². The lowest BCUT2D eigenvalue weighted by atomic mass is 10.2. The third-order valence-corrected chi connectivity index (χ3v) is 5.94. The van der Waals surface area contributed by atoms with Crippen LogP contribution in [0.2, 0.25) is 5.02 Å². The maximum absolute atomic E-state index is 12.7. The summed E-state index contributed by atoms with van der Waals surface area (Å²) in [6.07, 6.45) is 0. The van der Waals surface area contributed by atoms with Crippen LogP contribution < -0.4 is 10.5 Å². The average molecular weight is 407 g/mol. The number of nitrogens with zero attached hydrogens (tertiary/aromatic N) is 3. The van der Waals surface area contributed by atoms with E-state index in [-0.39, 0.29) is 27.2 Å². The van der Waals surface area contributed by atoms with Crippen LogP contribution in [-0.4, -0.2) is 44.3 Å². The molecule has 0 saturated heterocycles. The molecule has 0 aromatic heterocycles. The van der Waals surface area contributed by atoms with Gasteiger partial charge in [0.05, 0.1) is 23.5 Å². The van der Waals surface area contributed by atoms with Gasteiger partial charge in [0.1, 0.15) is 10.6 Å². The number of hydrogen-bond donors (Lipinski definition) is 1. The summed E-state index contributed by atoms with van der Waals surface area (Å²) in [6.45, 7) is 0. The number of nitrogens with two attached hydrogens (primary N) is 1. The number of primary amides is 1. The van der Waals surface area contributed by atoms with Crippen molar-refractivity contribution in [2.75, 3.05) is 14.2 Å². The normalized spacial score (nSPS) is 15.7. The summed E-state index contributed by atoms with van der Waals surface area (Å²) in [6, 6.07) is 10.8. The van der Waals surface area contributed by atoms with Gasteiger partial charge in [-0.2, -0.15) is 0 Å². The Bertz CT molecular complexity index is 1100. The Labute approximate surface area is 161 Å². The van der Waals surface area contributed by atoms with Crippen LogP contribution in [0.4, 0.5) is 11.4 Å². The molecule has 1 amide bonds. The molecule has 10 heteroatoms. The Hall–Kier alpha value is -2.91. The van der Waals surface area contributed by atoms with Crippen molar-refractivity contribution in [2.45, 2.75) is 4.90 Å². The van der Waals surface area contributed by atoms with Gasteiger partial charge in [0.15, 0.2) is 11.5 Å². The van der Waals surface area contributed by atoms with Crippen molar-refractivity contribution in [1.29, 1.82) is 0 Å². The minimum Gasteiger partial charge on any atom is -0.495 e. The highest BCUT2D eigenvalue weighted by atomic mass is 35.5. The number of rotatable bonds is 4. The number of ether oxygens (including phenoxy) is 1. The number of amidine groups is 1. The molecular weight excluding hydrogens is 392 g/mol. The highest BCUT2D eigenvalue weighted by molar-refractivity contribution is 7.90. The molecule has 2 N–H and O–H groups in total. The smallest absolute Gasteiger partial charge is 0.271 e. The maximum atomic E-state index is 12.7. The quantitative estimate of drug-likeness (QED) is 0.784. The number of amides is 1. The third kappa shape index (κ3) is 3.38. The first-order valence-electron chi connectivity index (χ1n) is 7.64. The van der Waals surface area contributed by atoms with Gasteiger partial charge in [-0.25, -0.2) is 18.4 Å². The van der Waals surface area contributed by atoms with Gasteiger partial charge in [0.2, 0.25) is 0 Å². The lowest BCUT2D eigenvalue weighted by Gasteiger charge is -2.26. The van der Waals surface area contributed by atoms with E-state index in [2.05, 4.69) is 9.98 Å². The zero-order valence-electron chi connectivity index (χ0n) is 14.4. The second-order valence-corrected chi connectivity index (χ2v) is 7.86. The lowest BCUT2D eigenvalue weighted by molar-refractivity contribution is -0.111. The van der Waals surface area contributed by atoms with E-state index >= 15 is 0 Å². The number of hydrogen-bond acceptors (Lipinski definition) is 6. The highest BCUT2D eigenvalue weighted by Gasteiger charge is 2.35. The average Bonchev–Trinajstić information content (AvgIpc) is 2.63. The Morgan fingerprint density at radius 2 is 1.96 bits per heavy atom. The molecular formula is C17H15ClN4O4S. The van der Waals surface area contributed by atoms with Crippen LogP contribution in [0.15, 0.2) is 57.3 Å². The largest absolute Gasteiger partial charge is 0.495 e. The van der Waals surface area contributed by atoms with Crippen molar-refractivity contribution in [3.05, 3.63) is 47.5 Å². The summed E-state index contributed by atoms with van der Waals surface area (Å²) in [5, 5.41) is 0.277. The molecule has 0 aliphatic carbocycles. The first-order valence-corrected chi connectivity index (χ1v) is 9.46. The molecule has 1 aliphatic rings. The summed E-state index contributed by atoms with van der Waals surface area (Å²) < 4.78 is 31.4. The lowest BCUT2D eigenvalue weighted by Crippen LogP contribution is -2.44. The number of carbonyl (C=O) groups excluding carboxylic acids is 1. The van der Waals surface area contributed by atoms with Gasteiger partial charge in [-0.15, -0.1) is 0 Å². The van der Waals surface area contributed by atoms with E-state index in [1.54, 1.807) is 24.3 Å². The Kier molecular flexibility index (Phi) is 4.90. The van der Waals surface area contributed by atoms with E-state index in [0.717, 1.165) is 4.31 Å². The topological polar surface area (TPSA) is 114 Å². The Morgan fingerprint density at radius 1 is 1.26 bits per heavy atom. The summed E-state index contributed by atoms with van der Waals surface area (Å²) in [5.41, 5.74) is 5.64.